The van der Waals surface area contributed by atoms with Crippen LogP contribution < -0.4 is 12.4 Å². The van der Waals surface area contributed by atoms with Gasteiger partial charge in [-0.1, -0.05) is 36.9 Å². The Kier molecular flexibility index (Phi) is 5.19. The summed E-state index contributed by atoms with van der Waals surface area (Å²) >= 11 is 0. The molecule has 1 aliphatic heterocycles. The summed E-state index contributed by atoms with van der Waals surface area (Å²) in [6.07, 6.45) is 2.07. The average Bonchev–Trinajstić information content (AvgIpc) is 2.32. The standard InChI is InChI=1S/C14H20NO.ClH/c1-3-14(13-7-5-4-6-8-13)15(2)9-11-16-12-10-15;/h3-8,14H,1,9-12H2,2H3;1H/q+1;/p-1. The lowest BCUT2D eigenvalue weighted by molar-refractivity contribution is -0.939. The minimum Gasteiger partial charge on any atom is -1.00 e. The molecule has 3 heteroatoms. The Labute approximate surface area is 110 Å². The number of morpholine rings is 1. The molecule has 1 unspecified atom stereocenters. The Hall–Kier alpha value is -0.830. The average molecular weight is 254 g/mol. The molecule has 0 bridgehead atoms. The van der Waals surface area contributed by atoms with Crippen molar-refractivity contribution in [2.24, 2.45) is 0 Å². The third-order valence-corrected chi connectivity index (χ3v) is 3.53. The molecule has 0 saturated carbocycles. The first-order valence-electron chi connectivity index (χ1n) is 5.86. The maximum atomic E-state index is 5.45. The van der Waals surface area contributed by atoms with Gasteiger partial charge in [-0.2, -0.15) is 0 Å². The predicted molar refractivity (Wildman–Crippen MR) is 66.1 cm³/mol. The molecular weight excluding hydrogens is 234 g/mol. The lowest BCUT2D eigenvalue weighted by Gasteiger charge is -2.42. The topological polar surface area (TPSA) is 9.23 Å². The van der Waals surface area contributed by atoms with E-state index in [0.29, 0.717) is 6.04 Å². The zero-order valence-electron chi connectivity index (χ0n) is 10.3. The van der Waals surface area contributed by atoms with Crippen molar-refractivity contribution in [3.8, 4) is 0 Å². The monoisotopic (exact) mass is 253 g/mol. The molecule has 94 valence electrons. The Morgan fingerprint density at radius 1 is 1.24 bits per heavy atom. The molecule has 1 saturated heterocycles. The number of likely N-dealkylation sites (N-methyl/N-ethyl adjacent to an activating group) is 1. The first kappa shape index (κ1) is 14.2. The first-order valence-corrected chi connectivity index (χ1v) is 5.86. The molecule has 1 aliphatic rings. The van der Waals surface area contributed by atoms with E-state index in [-0.39, 0.29) is 12.4 Å². The van der Waals surface area contributed by atoms with Crippen LogP contribution in [-0.2, 0) is 4.74 Å². The summed E-state index contributed by atoms with van der Waals surface area (Å²) in [6, 6.07) is 11.0. The van der Waals surface area contributed by atoms with Crippen LogP contribution in [-0.4, -0.2) is 37.8 Å². The van der Waals surface area contributed by atoms with E-state index in [1.165, 1.54) is 5.56 Å². The van der Waals surface area contributed by atoms with Crippen LogP contribution in [0, 0.1) is 0 Å². The van der Waals surface area contributed by atoms with Crippen LogP contribution in [0.5, 0.6) is 0 Å². The fourth-order valence-electron chi connectivity index (χ4n) is 2.44. The summed E-state index contributed by atoms with van der Waals surface area (Å²) in [7, 11) is 2.29. The van der Waals surface area contributed by atoms with E-state index < -0.39 is 0 Å². The van der Waals surface area contributed by atoms with Gasteiger partial charge in [-0.25, -0.2) is 0 Å². The summed E-state index contributed by atoms with van der Waals surface area (Å²) < 4.78 is 6.45. The number of benzene rings is 1. The zero-order chi connectivity index (χ0) is 11.4. The molecule has 0 aromatic heterocycles. The van der Waals surface area contributed by atoms with Crippen LogP contribution in [0.25, 0.3) is 0 Å². The lowest BCUT2D eigenvalue weighted by Crippen LogP contribution is -3.00. The molecule has 1 aromatic rings. The largest absolute Gasteiger partial charge is 1.00 e. The van der Waals surface area contributed by atoms with E-state index in [1.807, 2.05) is 0 Å². The van der Waals surface area contributed by atoms with Gasteiger partial charge in [-0.15, -0.1) is 0 Å². The van der Waals surface area contributed by atoms with Crippen molar-refractivity contribution in [1.29, 1.82) is 0 Å². The fraction of sp³-hybridized carbons (Fsp3) is 0.429. The van der Waals surface area contributed by atoms with E-state index in [2.05, 4.69) is 50.0 Å². The van der Waals surface area contributed by atoms with Crippen molar-refractivity contribution in [3.05, 3.63) is 48.6 Å². The molecule has 0 radical (unpaired) electrons. The molecule has 2 nitrogen and oxygen atoms in total. The van der Waals surface area contributed by atoms with Gasteiger partial charge in [0.1, 0.15) is 19.1 Å². The highest BCUT2D eigenvalue weighted by atomic mass is 35.5. The number of rotatable bonds is 3. The fourth-order valence-corrected chi connectivity index (χ4v) is 2.44. The van der Waals surface area contributed by atoms with Gasteiger partial charge in [-0.05, 0) is 6.08 Å². The van der Waals surface area contributed by atoms with Gasteiger partial charge in [0.25, 0.3) is 0 Å². The molecule has 1 fully saturated rings. The number of halogens is 1. The van der Waals surface area contributed by atoms with Gasteiger partial charge < -0.3 is 21.6 Å². The van der Waals surface area contributed by atoms with E-state index in [1.54, 1.807) is 0 Å². The van der Waals surface area contributed by atoms with Crippen molar-refractivity contribution in [1.82, 2.24) is 0 Å². The number of nitrogens with zero attached hydrogens (tertiary/aromatic N) is 1. The van der Waals surface area contributed by atoms with Crippen molar-refractivity contribution in [3.63, 3.8) is 0 Å². The van der Waals surface area contributed by atoms with Crippen LogP contribution in [0.15, 0.2) is 43.0 Å². The van der Waals surface area contributed by atoms with Crippen LogP contribution in [0.3, 0.4) is 0 Å². The van der Waals surface area contributed by atoms with Gasteiger partial charge in [0.15, 0.2) is 0 Å². The number of quaternary nitrogens is 1. The highest BCUT2D eigenvalue weighted by Crippen LogP contribution is 2.28. The molecule has 1 atom stereocenters. The third-order valence-electron chi connectivity index (χ3n) is 3.53. The van der Waals surface area contributed by atoms with E-state index >= 15 is 0 Å². The predicted octanol–water partition coefficient (Wildman–Crippen LogP) is -0.605. The molecule has 0 spiro atoms. The second-order valence-electron chi connectivity index (χ2n) is 4.63. The van der Waals surface area contributed by atoms with Crippen LogP contribution in [0.1, 0.15) is 11.6 Å². The molecule has 1 aromatic carbocycles. The highest BCUT2D eigenvalue weighted by Gasteiger charge is 2.33. The quantitative estimate of drug-likeness (QED) is 0.516. The van der Waals surface area contributed by atoms with Gasteiger partial charge in [0, 0.05) is 5.56 Å². The molecule has 0 amide bonds. The summed E-state index contributed by atoms with van der Waals surface area (Å²) in [5, 5.41) is 0. The molecule has 17 heavy (non-hydrogen) atoms. The lowest BCUT2D eigenvalue weighted by atomic mass is 10.0. The number of hydrogen-bond acceptors (Lipinski definition) is 1. The summed E-state index contributed by atoms with van der Waals surface area (Å²) in [4.78, 5) is 0. The first-order chi connectivity index (χ1) is 7.76. The molecule has 1 heterocycles. The third kappa shape index (κ3) is 3.09. The van der Waals surface area contributed by atoms with Gasteiger partial charge in [0.2, 0.25) is 0 Å². The maximum Gasteiger partial charge on any atom is 0.133 e. The van der Waals surface area contributed by atoms with Crippen LogP contribution in [0.2, 0.25) is 0 Å². The zero-order valence-corrected chi connectivity index (χ0v) is 11.1. The summed E-state index contributed by atoms with van der Waals surface area (Å²) in [6.45, 7) is 7.83. The second-order valence-corrected chi connectivity index (χ2v) is 4.63. The normalized spacial score (nSPS) is 20.1. The van der Waals surface area contributed by atoms with E-state index in [4.69, 9.17) is 4.74 Å². The van der Waals surface area contributed by atoms with Crippen molar-refractivity contribution >= 4 is 0 Å². The smallest absolute Gasteiger partial charge is 0.133 e. The van der Waals surface area contributed by atoms with E-state index in [9.17, 15) is 0 Å². The molecule has 0 aliphatic carbocycles. The maximum absolute atomic E-state index is 5.45. The van der Waals surface area contributed by atoms with Gasteiger partial charge in [0.05, 0.1) is 20.3 Å². The Bertz CT molecular complexity index is 346. The molecule has 0 N–H and O–H groups in total. The summed E-state index contributed by atoms with van der Waals surface area (Å²) in [5.41, 5.74) is 1.35. The van der Waals surface area contributed by atoms with Gasteiger partial charge in [-0.3, -0.25) is 0 Å². The SMILES string of the molecule is C=CC(c1ccccc1)[N+]1(C)CCOCC1.[Cl-]. The van der Waals surface area contributed by atoms with Crippen molar-refractivity contribution < 1.29 is 21.6 Å². The van der Waals surface area contributed by atoms with E-state index in [0.717, 1.165) is 30.8 Å². The van der Waals surface area contributed by atoms with Crippen LogP contribution in [0.4, 0.5) is 0 Å². The van der Waals surface area contributed by atoms with Gasteiger partial charge >= 0.3 is 0 Å². The minimum atomic E-state index is 0. The highest BCUT2D eigenvalue weighted by molar-refractivity contribution is 5.20. The Balaban J connectivity index is 0.00000144. The summed E-state index contributed by atoms with van der Waals surface area (Å²) in [5.74, 6) is 0. The molecular formula is C14H20ClNO. The molecule has 2 rings (SSSR count). The van der Waals surface area contributed by atoms with Crippen molar-refractivity contribution in [2.75, 3.05) is 33.4 Å². The Morgan fingerprint density at radius 2 is 1.82 bits per heavy atom. The number of hydrogen-bond donors (Lipinski definition) is 0. The van der Waals surface area contributed by atoms with Crippen molar-refractivity contribution in [2.45, 2.75) is 6.04 Å². The van der Waals surface area contributed by atoms with Crippen LogP contribution >= 0.6 is 0 Å². The Morgan fingerprint density at radius 3 is 2.35 bits per heavy atom. The minimum absolute atomic E-state index is 0. The number of ether oxygens (including phenoxy) is 1. The second kappa shape index (κ2) is 6.20.